The maximum atomic E-state index is 11.9. The van der Waals surface area contributed by atoms with Crippen molar-refractivity contribution in [2.24, 2.45) is 5.92 Å². The number of nitrogens with zero attached hydrogens (tertiary/aromatic N) is 5. The molecule has 3 aliphatic rings. The van der Waals surface area contributed by atoms with E-state index >= 15 is 0 Å². The van der Waals surface area contributed by atoms with Crippen LogP contribution in [0, 0.1) is 12.8 Å². The number of hydrogen-bond donors (Lipinski definition) is 1. The highest BCUT2D eigenvalue weighted by molar-refractivity contribution is 7.07. The second-order valence-electron chi connectivity index (χ2n) is 9.77. The Balaban J connectivity index is 1.29. The van der Waals surface area contributed by atoms with Crippen molar-refractivity contribution in [3.8, 4) is 0 Å². The molecule has 2 aromatic rings. The van der Waals surface area contributed by atoms with Crippen molar-refractivity contribution in [1.29, 1.82) is 0 Å². The van der Waals surface area contributed by atoms with E-state index in [2.05, 4.69) is 39.7 Å². The van der Waals surface area contributed by atoms with E-state index in [1.165, 1.54) is 11.4 Å². The summed E-state index contributed by atoms with van der Waals surface area (Å²) < 4.78 is 2.48. The Morgan fingerprint density at radius 3 is 2.82 bits per heavy atom. The number of rotatable bonds is 6. The van der Waals surface area contributed by atoms with Crippen molar-refractivity contribution < 1.29 is 9.59 Å². The molecule has 8 nitrogen and oxygen atoms in total. The molecular weight excluding hydrogens is 448 g/mol. The number of amides is 2. The number of hydrogen-bond acceptors (Lipinski definition) is 6. The van der Waals surface area contributed by atoms with Gasteiger partial charge in [0, 0.05) is 68.1 Å². The third-order valence-corrected chi connectivity index (χ3v) is 8.40. The number of likely N-dealkylation sites (tertiary alicyclic amines) is 1. The van der Waals surface area contributed by atoms with E-state index in [4.69, 9.17) is 4.98 Å². The molecular formula is C25H34N6O2S. The maximum Gasteiger partial charge on any atom is 0.219 e. The summed E-state index contributed by atoms with van der Waals surface area (Å²) >= 11 is 1.56. The molecule has 0 radical (unpaired) electrons. The van der Waals surface area contributed by atoms with Crippen LogP contribution >= 0.6 is 11.3 Å². The molecule has 2 fully saturated rings. The summed E-state index contributed by atoms with van der Waals surface area (Å²) in [5.41, 5.74) is 6.60. The summed E-state index contributed by atoms with van der Waals surface area (Å²) in [6, 6.07) is 0.921. The molecule has 182 valence electrons. The van der Waals surface area contributed by atoms with Crippen LogP contribution in [0.25, 0.3) is 0 Å². The van der Waals surface area contributed by atoms with Gasteiger partial charge in [-0.3, -0.25) is 9.59 Å². The quantitative estimate of drug-likeness (QED) is 0.683. The largest absolute Gasteiger partial charge is 0.371 e. The van der Waals surface area contributed by atoms with Crippen molar-refractivity contribution in [2.75, 3.05) is 13.1 Å². The van der Waals surface area contributed by atoms with Crippen LogP contribution < -0.4 is 5.32 Å². The van der Waals surface area contributed by atoms with Gasteiger partial charge in [0.05, 0.1) is 29.5 Å². The first-order chi connectivity index (χ1) is 16.4. The summed E-state index contributed by atoms with van der Waals surface area (Å²) in [5.74, 6) is 1.77. The average Bonchev–Trinajstić information content (AvgIpc) is 3.51. The highest BCUT2D eigenvalue weighted by Gasteiger charge is 2.50. The first kappa shape index (κ1) is 23.1. The topological polar surface area (TPSA) is 83.4 Å². The number of fused-ring (bicyclic) bond motifs is 2. The number of thiazole rings is 1. The molecule has 34 heavy (non-hydrogen) atoms. The Hall–Kier alpha value is -2.68. The molecule has 2 aliphatic heterocycles. The Morgan fingerprint density at radius 1 is 1.32 bits per heavy atom. The fraction of sp³-hybridized carbons (Fsp3) is 0.600. The Kier molecular flexibility index (Phi) is 6.22. The van der Waals surface area contributed by atoms with Gasteiger partial charge < -0.3 is 19.7 Å². The lowest BCUT2D eigenvalue weighted by Crippen LogP contribution is -2.51. The number of aryl methyl sites for hydroxylation is 1. The first-order valence-corrected chi connectivity index (χ1v) is 13.2. The second kappa shape index (κ2) is 9.17. The third kappa shape index (κ3) is 4.04. The molecule has 2 amide bonds. The lowest BCUT2D eigenvalue weighted by molar-refractivity contribution is -0.129. The average molecular weight is 483 g/mol. The minimum Gasteiger partial charge on any atom is -0.371 e. The van der Waals surface area contributed by atoms with Gasteiger partial charge in [-0.15, -0.1) is 11.3 Å². The minimum atomic E-state index is -0.0507. The summed E-state index contributed by atoms with van der Waals surface area (Å²) in [6.07, 6.45) is 6.25. The van der Waals surface area contributed by atoms with Crippen LogP contribution in [0.2, 0.25) is 0 Å². The molecule has 3 unspecified atom stereocenters. The zero-order valence-corrected chi connectivity index (χ0v) is 21.3. The van der Waals surface area contributed by atoms with E-state index in [0.29, 0.717) is 24.5 Å². The van der Waals surface area contributed by atoms with Crippen molar-refractivity contribution in [2.45, 2.75) is 78.0 Å². The molecule has 1 aliphatic carbocycles. The van der Waals surface area contributed by atoms with E-state index in [1.54, 1.807) is 25.2 Å². The fourth-order valence-corrected chi connectivity index (χ4v) is 6.96. The summed E-state index contributed by atoms with van der Waals surface area (Å²) in [5, 5.41) is 5.11. The zero-order valence-electron chi connectivity index (χ0n) is 20.5. The predicted octanol–water partition coefficient (Wildman–Crippen LogP) is 3.36. The van der Waals surface area contributed by atoms with Gasteiger partial charge in [-0.25, -0.2) is 9.97 Å². The van der Waals surface area contributed by atoms with E-state index in [0.717, 1.165) is 56.0 Å². The zero-order chi connectivity index (χ0) is 24.0. The molecule has 0 bridgehead atoms. The van der Waals surface area contributed by atoms with Crippen molar-refractivity contribution in [1.82, 2.24) is 29.7 Å². The predicted molar refractivity (Wildman–Crippen MR) is 131 cm³/mol. The Bertz CT molecular complexity index is 1110. The molecule has 1 N–H and O–H groups in total. The van der Waals surface area contributed by atoms with E-state index in [1.807, 2.05) is 15.8 Å². The molecule has 0 spiro atoms. The van der Waals surface area contributed by atoms with Crippen molar-refractivity contribution in [3.05, 3.63) is 45.6 Å². The lowest BCUT2D eigenvalue weighted by atomic mass is 9.86. The fourth-order valence-electron chi connectivity index (χ4n) is 6.35. The van der Waals surface area contributed by atoms with Crippen molar-refractivity contribution >= 4 is 23.2 Å². The number of imidazole rings is 1. The van der Waals surface area contributed by atoms with Gasteiger partial charge in [0.2, 0.25) is 11.8 Å². The maximum absolute atomic E-state index is 11.9. The number of carbonyl (C=O) groups is 2. The van der Waals surface area contributed by atoms with Crippen LogP contribution in [-0.4, -0.2) is 55.3 Å². The molecule has 1 saturated carbocycles. The smallest absolute Gasteiger partial charge is 0.219 e. The van der Waals surface area contributed by atoms with Gasteiger partial charge in [-0.2, -0.15) is 0 Å². The van der Waals surface area contributed by atoms with E-state index in [-0.39, 0.29) is 17.9 Å². The monoisotopic (exact) mass is 482 g/mol. The van der Waals surface area contributed by atoms with Crippen LogP contribution in [-0.2, 0) is 22.6 Å². The van der Waals surface area contributed by atoms with Crippen LogP contribution in [0.15, 0.2) is 22.7 Å². The Labute approximate surface area is 205 Å². The summed E-state index contributed by atoms with van der Waals surface area (Å²) in [6.45, 7) is 9.77. The van der Waals surface area contributed by atoms with Gasteiger partial charge >= 0.3 is 0 Å². The van der Waals surface area contributed by atoms with Gasteiger partial charge in [0.1, 0.15) is 5.82 Å². The molecule has 1 saturated heterocycles. The van der Waals surface area contributed by atoms with Gasteiger partial charge in [-0.1, -0.05) is 6.08 Å². The number of nitrogens with one attached hydrogen (secondary N) is 1. The van der Waals surface area contributed by atoms with Crippen LogP contribution in [0.5, 0.6) is 0 Å². The van der Waals surface area contributed by atoms with Crippen LogP contribution in [0.4, 0.5) is 0 Å². The SMILES string of the molecule is C/C=C1\C2CC(n3c(C)nc4c3CCN(C(C)=O)C4)CC2N1CC[C@H](NC(C)=O)c1cscn1. The lowest BCUT2D eigenvalue weighted by Gasteiger charge is -2.49. The van der Waals surface area contributed by atoms with Gasteiger partial charge in [0.25, 0.3) is 0 Å². The van der Waals surface area contributed by atoms with E-state index in [9.17, 15) is 9.59 Å². The van der Waals surface area contributed by atoms with Crippen LogP contribution in [0.1, 0.15) is 75.0 Å². The number of aromatic nitrogens is 3. The minimum absolute atomic E-state index is 0.0182. The molecule has 0 aromatic carbocycles. The number of carbonyl (C=O) groups excluding carboxylic acids is 2. The second-order valence-corrected chi connectivity index (χ2v) is 10.5. The first-order valence-electron chi connectivity index (χ1n) is 12.3. The normalized spacial score (nSPS) is 25.6. The standard InChI is InChI=1S/C25H34N6O2S/c1-5-23-19-10-18(31-15(2)27-21-12-29(17(4)33)8-7-24(21)31)11-25(19)30(23)9-6-20(28-16(3)32)22-13-34-14-26-22/h5,13-14,18-20,25H,6-12H2,1-4H3,(H,28,32)/b23-5+/t18?,19?,20-,25?/m0/s1. The molecule has 4 atom stereocenters. The molecule has 4 heterocycles. The summed E-state index contributed by atoms with van der Waals surface area (Å²) in [4.78, 5) is 37.4. The molecule has 9 heteroatoms. The number of allylic oxidation sites excluding steroid dienone is 1. The van der Waals surface area contributed by atoms with Gasteiger partial charge in [-0.05, 0) is 33.1 Å². The van der Waals surface area contributed by atoms with Gasteiger partial charge in [0.15, 0.2) is 0 Å². The van der Waals surface area contributed by atoms with E-state index < -0.39 is 0 Å². The molecule has 5 rings (SSSR count). The third-order valence-electron chi connectivity index (χ3n) is 7.80. The highest BCUT2D eigenvalue weighted by atomic mass is 32.1. The highest BCUT2D eigenvalue weighted by Crippen LogP contribution is 2.52. The van der Waals surface area contributed by atoms with Crippen LogP contribution in [0.3, 0.4) is 0 Å². The van der Waals surface area contributed by atoms with Crippen molar-refractivity contribution in [3.63, 3.8) is 0 Å². The molecule has 2 aromatic heterocycles. The summed E-state index contributed by atoms with van der Waals surface area (Å²) in [7, 11) is 0. The Morgan fingerprint density at radius 2 is 2.15 bits per heavy atom.